The standard InChI is InChI=1S/C10H18O5/c1-6(2)10(9(13)14,5-8(11)12)15-7(3)4/h6-7H,5H2,1-4H3,(H,11,12)(H,13,14)/t10-/m1/s1. The lowest BCUT2D eigenvalue weighted by molar-refractivity contribution is -0.186. The maximum absolute atomic E-state index is 11.1. The molecule has 5 heteroatoms. The molecule has 0 aromatic rings. The van der Waals surface area contributed by atoms with E-state index in [4.69, 9.17) is 14.9 Å². The molecule has 0 saturated heterocycles. The third-order valence-corrected chi connectivity index (χ3v) is 2.15. The van der Waals surface area contributed by atoms with Gasteiger partial charge < -0.3 is 14.9 Å². The van der Waals surface area contributed by atoms with E-state index in [0.29, 0.717) is 0 Å². The fraction of sp³-hybridized carbons (Fsp3) is 0.800. The van der Waals surface area contributed by atoms with Crippen LogP contribution in [0.25, 0.3) is 0 Å². The van der Waals surface area contributed by atoms with Crippen LogP contribution in [0.15, 0.2) is 0 Å². The second-order valence-corrected chi connectivity index (χ2v) is 4.09. The Hall–Kier alpha value is -1.10. The van der Waals surface area contributed by atoms with Gasteiger partial charge in [-0.25, -0.2) is 4.79 Å². The van der Waals surface area contributed by atoms with E-state index in [1.807, 2.05) is 0 Å². The van der Waals surface area contributed by atoms with Gasteiger partial charge in [0.2, 0.25) is 0 Å². The molecule has 0 saturated carbocycles. The van der Waals surface area contributed by atoms with Crippen LogP contribution in [0.5, 0.6) is 0 Å². The van der Waals surface area contributed by atoms with E-state index in [2.05, 4.69) is 0 Å². The summed E-state index contributed by atoms with van der Waals surface area (Å²) < 4.78 is 5.29. The van der Waals surface area contributed by atoms with E-state index in [9.17, 15) is 9.59 Å². The number of ether oxygens (including phenoxy) is 1. The molecule has 2 N–H and O–H groups in total. The molecule has 0 aromatic heterocycles. The minimum Gasteiger partial charge on any atom is -0.481 e. The van der Waals surface area contributed by atoms with Gasteiger partial charge in [0.05, 0.1) is 12.5 Å². The quantitative estimate of drug-likeness (QED) is 0.703. The van der Waals surface area contributed by atoms with Crippen molar-refractivity contribution in [3.8, 4) is 0 Å². The average Bonchev–Trinajstić information content (AvgIpc) is 1.99. The zero-order chi connectivity index (χ0) is 12.2. The first kappa shape index (κ1) is 13.9. The molecule has 0 spiro atoms. The van der Waals surface area contributed by atoms with Crippen LogP contribution in [0.1, 0.15) is 34.1 Å². The fourth-order valence-electron chi connectivity index (χ4n) is 1.40. The third-order valence-electron chi connectivity index (χ3n) is 2.15. The Labute approximate surface area is 89.0 Å². The van der Waals surface area contributed by atoms with Gasteiger partial charge in [-0.15, -0.1) is 0 Å². The summed E-state index contributed by atoms with van der Waals surface area (Å²) in [6, 6.07) is 0. The third kappa shape index (κ3) is 3.51. The van der Waals surface area contributed by atoms with E-state index in [1.165, 1.54) is 0 Å². The Morgan fingerprint density at radius 2 is 1.67 bits per heavy atom. The molecule has 0 bridgehead atoms. The van der Waals surface area contributed by atoms with Gasteiger partial charge in [-0.05, 0) is 19.8 Å². The number of hydrogen-bond acceptors (Lipinski definition) is 3. The van der Waals surface area contributed by atoms with Crippen molar-refractivity contribution in [3.05, 3.63) is 0 Å². The molecule has 88 valence electrons. The topological polar surface area (TPSA) is 83.8 Å². The van der Waals surface area contributed by atoms with Gasteiger partial charge in [0, 0.05) is 0 Å². The van der Waals surface area contributed by atoms with Crippen molar-refractivity contribution < 1.29 is 24.5 Å². The molecular formula is C10H18O5. The van der Waals surface area contributed by atoms with E-state index in [0.717, 1.165) is 0 Å². The van der Waals surface area contributed by atoms with Gasteiger partial charge in [-0.2, -0.15) is 0 Å². The van der Waals surface area contributed by atoms with E-state index < -0.39 is 29.9 Å². The van der Waals surface area contributed by atoms with Gasteiger partial charge in [0.15, 0.2) is 5.60 Å². The summed E-state index contributed by atoms with van der Waals surface area (Å²) in [5.74, 6) is -2.81. The first-order chi connectivity index (χ1) is 6.72. The predicted octanol–water partition coefficient (Wildman–Crippen LogP) is 1.37. The van der Waals surface area contributed by atoms with Crippen molar-refractivity contribution in [2.24, 2.45) is 5.92 Å². The molecule has 0 aliphatic carbocycles. The molecule has 1 atom stereocenters. The highest BCUT2D eigenvalue weighted by molar-refractivity contribution is 5.84. The summed E-state index contributed by atoms with van der Waals surface area (Å²) in [5.41, 5.74) is -1.64. The van der Waals surface area contributed by atoms with E-state index in [1.54, 1.807) is 27.7 Å². The van der Waals surface area contributed by atoms with Crippen LogP contribution in [0.2, 0.25) is 0 Å². The zero-order valence-corrected chi connectivity index (χ0v) is 9.48. The molecule has 15 heavy (non-hydrogen) atoms. The summed E-state index contributed by atoms with van der Waals surface area (Å²) in [6.45, 7) is 6.64. The maximum Gasteiger partial charge on any atom is 0.336 e. The number of aliphatic carboxylic acids is 2. The minimum absolute atomic E-state index is 0.331. The van der Waals surface area contributed by atoms with Gasteiger partial charge >= 0.3 is 11.9 Å². The highest BCUT2D eigenvalue weighted by Crippen LogP contribution is 2.28. The molecule has 5 nitrogen and oxygen atoms in total. The van der Waals surface area contributed by atoms with Crippen LogP contribution in [-0.2, 0) is 14.3 Å². The highest BCUT2D eigenvalue weighted by atomic mass is 16.5. The molecule has 0 amide bonds. The van der Waals surface area contributed by atoms with Crippen molar-refractivity contribution in [2.75, 3.05) is 0 Å². The van der Waals surface area contributed by atoms with Crippen molar-refractivity contribution in [1.82, 2.24) is 0 Å². The van der Waals surface area contributed by atoms with Crippen molar-refractivity contribution in [3.63, 3.8) is 0 Å². The molecule has 0 aromatic carbocycles. The summed E-state index contributed by atoms with van der Waals surface area (Å²) >= 11 is 0. The first-order valence-electron chi connectivity index (χ1n) is 4.85. The summed E-state index contributed by atoms with van der Waals surface area (Å²) in [6.07, 6.45) is -0.860. The van der Waals surface area contributed by atoms with Gasteiger partial charge in [0.25, 0.3) is 0 Å². The summed E-state index contributed by atoms with van der Waals surface area (Å²) in [7, 11) is 0. The fourth-order valence-corrected chi connectivity index (χ4v) is 1.40. The Balaban J connectivity index is 5.07. The molecule has 0 fully saturated rings. The Morgan fingerprint density at radius 3 is 1.87 bits per heavy atom. The molecule has 0 unspecified atom stereocenters. The Kier molecular flexibility index (Phi) is 4.74. The summed E-state index contributed by atoms with van der Waals surface area (Å²) in [4.78, 5) is 21.8. The maximum atomic E-state index is 11.1. The minimum atomic E-state index is -1.64. The van der Waals surface area contributed by atoms with E-state index >= 15 is 0 Å². The van der Waals surface area contributed by atoms with Crippen LogP contribution < -0.4 is 0 Å². The lowest BCUT2D eigenvalue weighted by atomic mass is 9.86. The number of rotatable bonds is 6. The molecule has 0 heterocycles. The van der Waals surface area contributed by atoms with Crippen molar-refractivity contribution in [2.45, 2.75) is 45.8 Å². The first-order valence-corrected chi connectivity index (χ1v) is 4.85. The number of carboxylic acids is 2. The van der Waals surface area contributed by atoms with Crippen LogP contribution in [0, 0.1) is 5.92 Å². The number of carbonyl (C=O) groups is 2. The zero-order valence-electron chi connectivity index (χ0n) is 9.48. The van der Waals surface area contributed by atoms with Crippen molar-refractivity contribution >= 4 is 11.9 Å². The lowest BCUT2D eigenvalue weighted by Crippen LogP contribution is -2.49. The normalized spacial score (nSPS) is 15.3. The lowest BCUT2D eigenvalue weighted by Gasteiger charge is -2.33. The molecule has 0 aliphatic heterocycles. The van der Waals surface area contributed by atoms with E-state index in [-0.39, 0.29) is 6.10 Å². The SMILES string of the molecule is CC(C)O[C@@](CC(=O)O)(C(=O)O)C(C)C. The van der Waals surface area contributed by atoms with Crippen molar-refractivity contribution in [1.29, 1.82) is 0 Å². The van der Waals surface area contributed by atoms with Gasteiger partial charge in [-0.3, -0.25) is 4.79 Å². The predicted molar refractivity (Wildman–Crippen MR) is 53.7 cm³/mol. The van der Waals surface area contributed by atoms with Gasteiger partial charge in [-0.1, -0.05) is 13.8 Å². The molecule has 0 radical (unpaired) electrons. The molecular weight excluding hydrogens is 200 g/mol. The van der Waals surface area contributed by atoms with Crippen LogP contribution in [-0.4, -0.2) is 33.9 Å². The van der Waals surface area contributed by atoms with Crippen LogP contribution in [0.3, 0.4) is 0 Å². The Bertz CT molecular complexity index is 246. The molecule has 0 aliphatic rings. The molecule has 0 rings (SSSR count). The average molecular weight is 218 g/mol. The highest BCUT2D eigenvalue weighted by Gasteiger charge is 2.45. The van der Waals surface area contributed by atoms with Gasteiger partial charge in [0.1, 0.15) is 0 Å². The summed E-state index contributed by atoms with van der Waals surface area (Å²) in [5, 5.41) is 17.8. The second kappa shape index (κ2) is 5.11. The smallest absolute Gasteiger partial charge is 0.336 e. The second-order valence-electron chi connectivity index (χ2n) is 4.09. The number of hydrogen-bond donors (Lipinski definition) is 2. The monoisotopic (exact) mass is 218 g/mol. The number of carboxylic acid groups (broad SMARTS) is 2. The largest absolute Gasteiger partial charge is 0.481 e. The van der Waals surface area contributed by atoms with Crippen LogP contribution >= 0.6 is 0 Å². The van der Waals surface area contributed by atoms with Crippen LogP contribution in [0.4, 0.5) is 0 Å². The Morgan fingerprint density at radius 1 is 1.20 bits per heavy atom.